The lowest BCUT2D eigenvalue weighted by atomic mass is 10.2. The van der Waals surface area contributed by atoms with E-state index in [2.05, 4.69) is 10.6 Å². The topological polar surface area (TPSA) is 42.5 Å². The van der Waals surface area contributed by atoms with Crippen LogP contribution < -0.4 is 20.1 Å². The van der Waals surface area contributed by atoms with E-state index in [0.29, 0.717) is 18.3 Å². The van der Waals surface area contributed by atoms with Gasteiger partial charge in [0.05, 0.1) is 13.7 Å². The molecule has 2 aromatic carbocycles. The standard InChI is InChI=1S/C17H20N2O2S/c1-13-7-3-4-8-14(13)19-17(22)18-11-12-21-16-10-6-5-9-15(16)20-2/h3-10H,11-12H2,1-2H3,(H2,18,19,22). The average molecular weight is 316 g/mol. The molecule has 2 N–H and O–H groups in total. The van der Waals surface area contributed by atoms with Gasteiger partial charge < -0.3 is 20.1 Å². The van der Waals surface area contributed by atoms with E-state index in [1.54, 1.807) is 7.11 Å². The van der Waals surface area contributed by atoms with Crippen molar-refractivity contribution in [2.45, 2.75) is 6.92 Å². The van der Waals surface area contributed by atoms with E-state index < -0.39 is 0 Å². The van der Waals surface area contributed by atoms with Crippen molar-refractivity contribution < 1.29 is 9.47 Å². The third-order valence-corrected chi connectivity index (χ3v) is 3.35. The summed E-state index contributed by atoms with van der Waals surface area (Å²) in [7, 11) is 1.63. The average Bonchev–Trinajstić information content (AvgIpc) is 2.54. The Kier molecular flexibility index (Phi) is 6.03. The first-order valence-electron chi connectivity index (χ1n) is 7.07. The lowest BCUT2D eigenvalue weighted by molar-refractivity contribution is 0.298. The van der Waals surface area contributed by atoms with Crippen molar-refractivity contribution in [3.05, 3.63) is 54.1 Å². The minimum Gasteiger partial charge on any atom is -0.493 e. The van der Waals surface area contributed by atoms with Crippen molar-refractivity contribution in [1.29, 1.82) is 0 Å². The zero-order valence-electron chi connectivity index (χ0n) is 12.8. The molecular formula is C17H20N2O2S. The first-order chi connectivity index (χ1) is 10.7. The van der Waals surface area contributed by atoms with Gasteiger partial charge in [-0.15, -0.1) is 0 Å². The zero-order valence-corrected chi connectivity index (χ0v) is 13.6. The van der Waals surface area contributed by atoms with Crippen molar-refractivity contribution in [2.24, 2.45) is 0 Å². The van der Waals surface area contributed by atoms with Crippen LogP contribution in [0.1, 0.15) is 5.56 Å². The molecular weight excluding hydrogens is 296 g/mol. The Morgan fingerprint density at radius 1 is 1.05 bits per heavy atom. The molecule has 0 aliphatic rings. The van der Waals surface area contributed by atoms with Crippen LogP contribution in [0, 0.1) is 6.92 Å². The summed E-state index contributed by atoms with van der Waals surface area (Å²) in [5.74, 6) is 1.45. The van der Waals surface area contributed by atoms with Crippen molar-refractivity contribution in [3.63, 3.8) is 0 Å². The van der Waals surface area contributed by atoms with Gasteiger partial charge in [-0.3, -0.25) is 0 Å². The van der Waals surface area contributed by atoms with Crippen molar-refractivity contribution >= 4 is 23.0 Å². The van der Waals surface area contributed by atoms with Gasteiger partial charge in [0.15, 0.2) is 16.6 Å². The normalized spacial score (nSPS) is 9.91. The molecule has 0 heterocycles. The molecule has 0 aromatic heterocycles. The van der Waals surface area contributed by atoms with Crippen LogP contribution >= 0.6 is 12.2 Å². The number of rotatable bonds is 6. The molecule has 0 atom stereocenters. The highest BCUT2D eigenvalue weighted by molar-refractivity contribution is 7.80. The largest absolute Gasteiger partial charge is 0.493 e. The number of benzene rings is 2. The van der Waals surface area contributed by atoms with Gasteiger partial charge in [0.1, 0.15) is 6.61 Å². The molecule has 0 aliphatic heterocycles. The number of hydrogen-bond acceptors (Lipinski definition) is 3. The lowest BCUT2D eigenvalue weighted by Gasteiger charge is -2.13. The highest BCUT2D eigenvalue weighted by Crippen LogP contribution is 2.25. The fourth-order valence-electron chi connectivity index (χ4n) is 1.94. The maximum Gasteiger partial charge on any atom is 0.170 e. The quantitative estimate of drug-likeness (QED) is 0.632. The van der Waals surface area contributed by atoms with Crippen LogP contribution in [-0.4, -0.2) is 25.4 Å². The van der Waals surface area contributed by atoms with Crippen LogP contribution in [0.15, 0.2) is 48.5 Å². The molecule has 0 bridgehead atoms. The van der Waals surface area contributed by atoms with Crippen LogP contribution in [0.5, 0.6) is 11.5 Å². The molecule has 0 saturated heterocycles. The maximum absolute atomic E-state index is 5.68. The molecule has 0 amide bonds. The van der Waals surface area contributed by atoms with Gasteiger partial charge >= 0.3 is 0 Å². The number of hydrogen-bond donors (Lipinski definition) is 2. The highest BCUT2D eigenvalue weighted by atomic mass is 32.1. The second kappa shape index (κ2) is 8.24. The van der Waals surface area contributed by atoms with Crippen LogP contribution in [0.3, 0.4) is 0 Å². The number of ether oxygens (including phenoxy) is 2. The van der Waals surface area contributed by atoms with Crippen LogP contribution in [-0.2, 0) is 0 Å². The van der Waals surface area contributed by atoms with E-state index in [1.807, 2.05) is 55.5 Å². The first kappa shape index (κ1) is 16.1. The van der Waals surface area contributed by atoms with Crippen LogP contribution in [0.2, 0.25) is 0 Å². The summed E-state index contributed by atoms with van der Waals surface area (Å²) in [6.45, 7) is 3.14. The van der Waals surface area contributed by atoms with E-state index in [1.165, 1.54) is 0 Å². The second-order valence-corrected chi connectivity index (χ2v) is 5.10. The number of aryl methyl sites for hydroxylation is 1. The molecule has 5 heteroatoms. The monoisotopic (exact) mass is 316 g/mol. The Hall–Kier alpha value is -2.27. The van der Waals surface area contributed by atoms with Crippen LogP contribution in [0.25, 0.3) is 0 Å². The third-order valence-electron chi connectivity index (χ3n) is 3.11. The van der Waals surface area contributed by atoms with E-state index in [4.69, 9.17) is 21.7 Å². The van der Waals surface area contributed by atoms with Gasteiger partial charge in [0, 0.05) is 5.69 Å². The predicted octanol–water partition coefficient (Wildman–Crippen LogP) is 3.37. The number of nitrogens with one attached hydrogen (secondary N) is 2. The Morgan fingerprint density at radius 3 is 2.45 bits per heavy atom. The summed E-state index contributed by atoms with van der Waals surface area (Å²) >= 11 is 5.27. The van der Waals surface area contributed by atoms with Gasteiger partial charge in [0.2, 0.25) is 0 Å². The maximum atomic E-state index is 5.68. The van der Waals surface area contributed by atoms with E-state index in [0.717, 1.165) is 22.7 Å². The molecule has 2 rings (SSSR count). The summed E-state index contributed by atoms with van der Waals surface area (Å²) in [6.07, 6.45) is 0. The Morgan fingerprint density at radius 2 is 1.73 bits per heavy atom. The molecule has 0 aliphatic carbocycles. The Labute approximate surface area is 136 Å². The smallest absolute Gasteiger partial charge is 0.170 e. The zero-order chi connectivity index (χ0) is 15.8. The Balaban J connectivity index is 1.75. The van der Waals surface area contributed by atoms with E-state index >= 15 is 0 Å². The fraction of sp³-hybridized carbons (Fsp3) is 0.235. The summed E-state index contributed by atoms with van der Waals surface area (Å²) < 4.78 is 10.9. The van der Waals surface area contributed by atoms with Gasteiger partial charge in [-0.1, -0.05) is 30.3 Å². The summed E-state index contributed by atoms with van der Waals surface area (Å²) in [6, 6.07) is 15.6. The minimum atomic E-state index is 0.496. The molecule has 0 saturated carbocycles. The van der Waals surface area contributed by atoms with Gasteiger partial charge in [0.25, 0.3) is 0 Å². The fourth-order valence-corrected chi connectivity index (χ4v) is 2.16. The molecule has 22 heavy (non-hydrogen) atoms. The predicted molar refractivity (Wildman–Crippen MR) is 93.9 cm³/mol. The van der Waals surface area contributed by atoms with Crippen molar-refractivity contribution in [2.75, 3.05) is 25.6 Å². The van der Waals surface area contributed by atoms with Gasteiger partial charge in [-0.2, -0.15) is 0 Å². The lowest BCUT2D eigenvalue weighted by Crippen LogP contribution is -2.32. The molecule has 0 unspecified atom stereocenters. The molecule has 0 radical (unpaired) electrons. The van der Waals surface area contributed by atoms with Crippen molar-refractivity contribution in [3.8, 4) is 11.5 Å². The number of para-hydroxylation sites is 3. The van der Waals surface area contributed by atoms with Crippen molar-refractivity contribution in [1.82, 2.24) is 5.32 Å². The van der Waals surface area contributed by atoms with Gasteiger partial charge in [-0.25, -0.2) is 0 Å². The first-order valence-corrected chi connectivity index (χ1v) is 7.48. The Bertz CT molecular complexity index is 632. The van der Waals surface area contributed by atoms with E-state index in [-0.39, 0.29) is 0 Å². The summed E-state index contributed by atoms with van der Waals surface area (Å²) in [4.78, 5) is 0. The number of methoxy groups -OCH3 is 1. The SMILES string of the molecule is COc1ccccc1OCCNC(=S)Nc1ccccc1C. The van der Waals surface area contributed by atoms with Crippen LogP contribution in [0.4, 0.5) is 5.69 Å². The molecule has 116 valence electrons. The number of anilines is 1. The second-order valence-electron chi connectivity index (χ2n) is 4.70. The summed E-state index contributed by atoms with van der Waals surface area (Å²) in [5, 5.41) is 6.87. The molecule has 2 aromatic rings. The molecule has 0 spiro atoms. The summed E-state index contributed by atoms with van der Waals surface area (Å²) in [5.41, 5.74) is 2.16. The minimum absolute atomic E-state index is 0.496. The van der Waals surface area contributed by atoms with E-state index in [9.17, 15) is 0 Å². The molecule has 0 fully saturated rings. The van der Waals surface area contributed by atoms with Gasteiger partial charge in [-0.05, 0) is 42.9 Å². The number of thiocarbonyl (C=S) groups is 1. The third kappa shape index (κ3) is 4.63. The molecule has 4 nitrogen and oxygen atoms in total. The highest BCUT2D eigenvalue weighted by Gasteiger charge is 2.03.